The largest absolute Gasteiger partial charge is 0.399 e. The quantitative estimate of drug-likeness (QED) is 0.628. The topological polar surface area (TPSA) is 41.7 Å². The van der Waals surface area contributed by atoms with Crippen molar-refractivity contribution in [1.82, 2.24) is 4.90 Å². The zero-order valence-corrected chi connectivity index (χ0v) is 11.8. The van der Waals surface area contributed by atoms with Crippen LogP contribution in [0.4, 0.5) is 11.4 Å². The summed E-state index contributed by atoms with van der Waals surface area (Å²) in [7, 11) is 0. The SMILES string of the molecule is CCOCCCN1CCN(c2ccc(N)cc2)CC1. The van der Waals surface area contributed by atoms with Crippen LogP contribution in [0.25, 0.3) is 0 Å². The van der Waals surface area contributed by atoms with E-state index in [1.165, 1.54) is 5.69 Å². The highest BCUT2D eigenvalue weighted by Crippen LogP contribution is 2.18. The Labute approximate surface area is 116 Å². The molecule has 1 aromatic rings. The molecule has 4 heteroatoms. The van der Waals surface area contributed by atoms with Crippen LogP contribution in [0.1, 0.15) is 13.3 Å². The predicted molar refractivity (Wildman–Crippen MR) is 80.6 cm³/mol. The van der Waals surface area contributed by atoms with Gasteiger partial charge in [0.2, 0.25) is 0 Å². The van der Waals surface area contributed by atoms with Gasteiger partial charge in [-0.25, -0.2) is 0 Å². The first-order valence-electron chi connectivity index (χ1n) is 7.20. The Hall–Kier alpha value is -1.26. The summed E-state index contributed by atoms with van der Waals surface area (Å²) in [6.07, 6.45) is 1.13. The Balaban J connectivity index is 1.71. The first-order chi connectivity index (χ1) is 9.29. The highest BCUT2D eigenvalue weighted by molar-refractivity contribution is 5.53. The van der Waals surface area contributed by atoms with Gasteiger partial charge in [0.25, 0.3) is 0 Å². The van der Waals surface area contributed by atoms with E-state index in [1.807, 2.05) is 19.1 Å². The van der Waals surface area contributed by atoms with Crippen LogP contribution in [0.5, 0.6) is 0 Å². The monoisotopic (exact) mass is 263 g/mol. The van der Waals surface area contributed by atoms with Gasteiger partial charge in [0, 0.05) is 57.3 Å². The van der Waals surface area contributed by atoms with Gasteiger partial charge in [-0.3, -0.25) is 4.90 Å². The normalized spacial score (nSPS) is 16.8. The van der Waals surface area contributed by atoms with Gasteiger partial charge < -0.3 is 15.4 Å². The van der Waals surface area contributed by atoms with Crippen molar-refractivity contribution in [1.29, 1.82) is 0 Å². The fraction of sp³-hybridized carbons (Fsp3) is 0.600. The van der Waals surface area contributed by atoms with Crippen LogP contribution in [0.15, 0.2) is 24.3 Å². The van der Waals surface area contributed by atoms with E-state index in [1.54, 1.807) is 0 Å². The smallest absolute Gasteiger partial charge is 0.0478 e. The van der Waals surface area contributed by atoms with E-state index in [4.69, 9.17) is 10.5 Å². The molecule has 1 aromatic carbocycles. The van der Waals surface area contributed by atoms with Crippen LogP contribution in [0, 0.1) is 0 Å². The second-order valence-corrected chi connectivity index (χ2v) is 4.97. The molecule has 4 nitrogen and oxygen atoms in total. The molecule has 1 heterocycles. The second kappa shape index (κ2) is 7.36. The Morgan fingerprint density at radius 2 is 1.79 bits per heavy atom. The first-order valence-corrected chi connectivity index (χ1v) is 7.20. The zero-order chi connectivity index (χ0) is 13.5. The van der Waals surface area contributed by atoms with Crippen molar-refractivity contribution in [2.75, 3.05) is 56.6 Å². The summed E-state index contributed by atoms with van der Waals surface area (Å²) in [6.45, 7) is 9.37. The van der Waals surface area contributed by atoms with Crippen molar-refractivity contribution >= 4 is 11.4 Å². The van der Waals surface area contributed by atoms with Gasteiger partial charge in [-0.15, -0.1) is 0 Å². The standard InChI is InChI=1S/C15H25N3O/c1-2-19-13-3-8-17-9-11-18(12-10-17)15-6-4-14(16)5-7-15/h4-7H,2-3,8-13,16H2,1H3. The van der Waals surface area contributed by atoms with Crippen LogP contribution in [-0.4, -0.2) is 50.8 Å². The minimum Gasteiger partial charge on any atom is -0.399 e. The molecule has 2 rings (SSSR count). The molecule has 0 unspecified atom stereocenters. The van der Waals surface area contributed by atoms with Crippen LogP contribution < -0.4 is 10.6 Å². The minimum atomic E-state index is 0.824. The van der Waals surface area contributed by atoms with E-state index in [0.29, 0.717) is 0 Å². The third-order valence-electron chi connectivity index (χ3n) is 3.60. The molecular weight excluding hydrogens is 238 g/mol. The van der Waals surface area contributed by atoms with Gasteiger partial charge in [-0.05, 0) is 37.6 Å². The number of rotatable bonds is 6. The Bertz CT molecular complexity index is 358. The predicted octanol–water partition coefficient (Wildman–Crippen LogP) is 1.82. The van der Waals surface area contributed by atoms with Crippen LogP contribution in [0.2, 0.25) is 0 Å². The summed E-state index contributed by atoms with van der Waals surface area (Å²) in [5.41, 5.74) is 7.83. The molecule has 1 saturated heterocycles. The highest BCUT2D eigenvalue weighted by atomic mass is 16.5. The summed E-state index contributed by atoms with van der Waals surface area (Å²) in [5, 5.41) is 0. The van der Waals surface area contributed by atoms with E-state index in [9.17, 15) is 0 Å². The summed E-state index contributed by atoms with van der Waals surface area (Å²) < 4.78 is 5.38. The maximum atomic E-state index is 5.72. The van der Waals surface area contributed by atoms with E-state index < -0.39 is 0 Å². The molecule has 0 amide bonds. The van der Waals surface area contributed by atoms with Gasteiger partial charge in [-0.1, -0.05) is 0 Å². The summed E-state index contributed by atoms with van der Waals surface area (Å²) >= 11 is 0. The fourth-order valence-electron chi connectivity index (χ4n) is 2.45. The molecule has 1 aliphatic heterocycles. The fourth-order valence-corrected chi connectivity index (χ4v) is 2.45. The number of nitrogen functional groups attached to an aromatic ring is 1. The number of hydrogen-bond donors (Lipinski definition) is 1. The van der Waals surface area contributed by atoms with E-state index in [2.05, 4.69) is 21.9 Å². The van der Waals surface area contributed by atoms with Crippen molar-refractivity contribution in [2.24, 2.45) is 0 Å². The lowest BCUT2D eigenvalue weighted by atomic mass is 10.2. The third-order valence-corrected chi connectivity index (χ3v) is 3.60. The second-order valence-electron chi connectivity index (χ2n) is 4.97. The van der Waals surface area contributed by atoms with Crippen molar-refractivity contribution in [2.45, 2.75) is 13.3 Å². The maximum Gasteiger partial charge on any atom is 0.0478 e. The molecule has 0 bridgehead atoms. The van der Waals surface area contributed by atoms with E-state index in [0.717, 1.165) is 58.0 Å². The van der Waals surface area contributed by atoms with Gasteiger partial charge in [0.05, 0.1) is 0 Å². The van der Waals surface area contributed by atoms with Crippen molar-refractivity contribution in [3.8, 4) is 0 Å². The lowest BCUT2D eigenvalue weighted by Gasteiger charge is -2.36. The molecule has 0 spiro atoms. The number of piperazine rings is 1. The first kappa shape index (κ1) is 14.2. The lowest BCUT2D eigenvalue weighted by molar-refractivity contribution is 0.130. The van der Waals surface area contributed by atoms with Gasteiger partial charge in [-0.2, -0.15) is 0 Å². The van der Waals surface area contributed by atoms with Gasteiger partial charge in [0.15, 0.2) is 0 Å². The average Bonchev–Trinajstić information content (AvgIpc) is 2.45. The number of benzene rings is 1. The number of hydrogen-bond acceptors (Lipinski definition) is 4. The minimum absolute atomic E-state index is 0.824. The van der Waals surface area contributed by atoms with Crippen molar-refractivity contribution in [3.05, 3.63) is 24.3 Å². The molecule has 0 aromatic heterocycles. The Morgan fingerprint density at radius 1 is 1.11 bits per heavy atom. The van der Waals surface area contributed by atoms with E-state index in [-0.39, 0.29) is 0 Å². The van der Waals surface area contributed by atoms with Crippen molar-refractivity contribution < 1.29 is 4.74 Å². The average molecular weight is 263 g/mol. The van der Waals surface area contributed by atoms with Crippen LogP contribution in [0.3, 0.4) is 0 Å². The molecule has 0 atom stereocenters. The molecule has 106 valence electrons. The lowest BCUT2D eigenvalue weighted by Crippen LogP contribution is -2.46. The van der Waals surface area contributed by atoms with Gasteiger partial charge >= 0.3 is 0 Å². The number of nitrogens with two attached hydrogens (primary N) is 1. The Kier molecular flexibility index (Phi) is 5.48. The van der Waals surface area contributed by atoms with Crippen molar-refractivity contribution in [3.63, 3.8) is 0 Å². The zero-order valence-electron chi connectivity index (χ0n) is 11.8. The Morgan fingerprint density at radius 3 is 2.42 bits per heavy atom. The molecular formula is C15H25N3O. The highest BCUT2D eigenvalue weighted by Gasteiger charge is 2.16. The third kappa shape index (κ3) is 4.40. The molecule has 2 N–H and O–H groups in total. The molecule has 1 fully saturated rings. The number of anilines is 2. The van der Waals surface area contributed by atoms with E-state index >= 15 is 0 Å². The molecule has 0 saturated carbocycles. The van der Waals surface area contributed by atoms with Crippen LogP contribution in [-0.2, 0) is 4.74 Å². The summed E-state index contributed by atoms with van der Waals surface area (Å²) in [5.74, 6) is 0. The molecule has 0 aliphatic carbocycles. The summed E-state index contributed by atoms with van der Waals surface area (Å²) in [6, 6.07) is 8.17. The van der Waals surface area contributed by atoms with Crippen LogP contribution >= 0.6 is 0 Å². The maximum absolute atomic E-state index is 5.72. The molecule has 19 heavy (non-hydrogen) atoms. The summed E-state index contributed by atoms with van der Waals surface area (Å²) in [4.78, 5) is 4.95. The molecule has 0 radical (unpaired) electrons. The van der Waals surface area contributed by atoms with Gasteiger partial charge in [0.1, 0.15) is 0 Å². The number of nitrogens with zero attached hydrogens (tertiary/aromatic N) is 2. The molecule has 1 aliphatic rings. The number of ether oxygens (including phenoxy) is 1.